The lowest BCUT2D eigenvalue weighted by atomic mass is 10.0. The second-order valence-corrected chi connectivity index (χ2v) is 9.13. The van der Waals surface area contributed by atoms with Crippen LogP contribution in [0.5, 0.6) is 0 Å². The number of carboxylic acid groups (broad SMARTS) is 2. The summed E-state index contributed by atoms with van der Waals surface area (Å²) in [6.07, 6.45) is 22.7. The highest BCUT2D eigenvalue weighted by atomic mass is 16.4. The van der Waals surface area contributed by atoms with Gasteiger partial charge in [-0.1, -0.05) is 104 Å². The van der Waals surface area contributed by atoms with Gasteiger partial charge in [0.1, 0.15) is 6.04 Å². The lowest BCUT2D eigenvalue weighted by Crippen LogP contribution is -2.36. The van der Waals surface area contributed by atoms with Crippen LogP contribution >= 0.6 is 0 Å². The van der Waals surface area contributed by atoms with Crippen molar-refractivity contribution in [1.82, 2.24) is 4.90 Å². The van der Waals surface area contributed by atoms with Crippen LogP contribution in [0.25, 0.3) is 0 Å². The predicted octanol–water partition coefficient (Wildman–Crippen LogP) is 7.28. The zero-order valence-corrected chi connectivity index (χ0v) is 20.6. The number of rotatable bonds is 19. The molecule has 5 heteroatoms. The third kappa shape index (κ3) is 19.3. The Hall–Kier alpha value is -1.10. The first kappa shape index (κ1) is 29.9. The predicted molar refractivity (Wildman–Crippen MR) is 130 cm³/mol. The Bertz CT molecular complexity index is 428. The summed E-state index contributed by atoms with van der Waals surface area (Å²) < 4.78 is 0. The van der Waals surface area contributed by atoms with Crippen molar-refractivity contribution >= 4 is 11.9 Å². The minimum absolute atomic E-state index is 0.197. The maximum Gasteiger partial charge on any atom is 0.320 e. The van der Waals surface area contributed by atoms with Gasteiger partial charge in [0.25, 0.3) is 0 Å². The highest BCUT2D eigenvalue weighted by molar-refractivity contribution is 5.73. The molecule has 1 fully saturated rings. The fourth-order valence-corrected chi connectivity index (χ4v) is 4.23. The van der Waals surface area contributed by atoms with Crippen LogP contribution in [-0.4, -0.2) is 46.2 Å². The summed E-state index contributed by atoms with van der Waals surface area (Å²) in [4.78, 5) is 23.2. The molecule has 0 aromatic heterocycles. The first-order valence-corrected chi connectivity index (χ1v) is 13.2. The number of aliphatic carboxylic acids is 2. The molecule has 1 aliphatic rings. The molecule has 184 valence electrons. The Kier molecular flexibility index (Phi) is 21.3. The topological polar surface area (TPSA) is 77.8 Å². The molecular formula is C26H51NO4. The van der Waals surface area contributed by atoms with E-state index in [0.29, 0.717) is 6.42 Å². The quantitative estimate of drug-likeness (QED) is 0.206. The molecule has 1 atom stereocenters. The van der Waals surface area contributed by atoms with Crippen molar-refractivity contribution in [2.75, 3.05) is 13.1 Å². The molecule has 1 heterocycles. The molecule has 0 saturated carbocycles. The number of hydrogen-bond acceptors (Lipinski definition) is 3. The summed E-state index contributed by atoms with van der Waals surface area (Å²) in [5, 5.41) is 17.4. The van der Waals surface area contributed by atoms with Crippen molar-refractivity contribution in [3.63, 3.8) is 0 Å². The second kappa shape index (κ2) is 22.1. The number of likely N-dealkylation sites (tertiary alicyclic amines) is 1. The van der Waals surface area contributed by atoms with E-state index >= 15 is 0 Å². The molecular weight excluding hydrogens is 390 g/mol. The van der Waals surface area contributed by atoms with Gasteiger partial charge in [-0.2, -0.15) is 0 Å². The van der Waals surface area contributed by atoms with E-state index in [-0.39, 0.29) is 6.04 Å². The average molecular weight is 442 g/mol. The van der Waals surface area contributed by atoms with Crippen LogP contribution < -0.4 is 0 Å². The van der Waals surface area contributed by atoms with Crippen molar-refractivity contribution in [3.8, 4) is 0 Å². The number of carboxylic acids is 2. The zero-order valence-electron chi connectivity index (χ0n) is 20.6. The van der Waals surface area contributed by atoms with Gasteiger partial charge in [0.15, 0.2) is 0 Å². The van der Waals surface area contributed by atoms with E-state index in [9.17, 15) is 9.59 Å². The summed E-state index contributed by atoms with van der Waals surface area (Å²) in [5.74, 6) is -1.30. The number of nitrogens with zero attached hydrogens (tertiary/aromatic N) is 1. The van der Waals surface area contributed by atoms with Crippen LogP contribution in [-0.2, 0) is 9.59 Å². The van der Waals surface area contributed by atoms with Crippen molar-refractivity contribution in [1.29, 1.82) is 0 Å². The van der Waals surface area contributed by atoms with Gasteiger partial charge in [-0.05, 0) is 38.8 Å². The van der Waals surface area contributed by atoms with Gasteiger partial charge in [0, 0.05) is 6.42 Å². The minimum atomic E-state index is -0.655. The van der Waals surface area contributed by atoms with E-state index in [1.165, 1.54) is 83.5 Å². The molecule has 0 aromatic carbocycles. The fourth-order valence-electron chi connectivity index (χ4n) is 4.23. The zero-order chi connectivity index (χ0) is 23.2. The van der Waals surface area contributed by atoms with Crippen molar-refractivity contribution < 1.29 is 19.8 Å². The Morgan fingerprint density at radius 2 is 1.16 bits per heavy atom. The molecule has 1 rings (SSSR count). The van der Waals surface area contributed by atoms with E-state index in [2.05, 4.69) is 18.7 Å². The largest absolute Gasteiger partial charge is 0.481 e. The molecule has 0 aromatic rings. The summed E-state index contributed by atoms with van der Waals surface area (Å²) in [7, 11) is 0. The summed E-state index contributed by atoms with van der Waals surface area (Å²) in [6, 6.07) is -0.197. The lowest BCUT2D eigenvalue weighted by Gasteiger charge is -2.20. The molecule has 0 radical (unpaired) electrons. The SMILES string of the molecule is CCCCCCCCCCCCCCCC(=O)O.CCCCCN1CCC[C@H]1C(=O)O. The molecule has 0 unspecified atom stereocenters. The summed E-state index contributed by atoms with van der Waals surface area (Å²) in [6.45, 7) is 6.36. The van der Waals surface area contributed by atoms with Gasteiger partial charge in [-0.3, -0.25) is 14.5 Å². The maximum atomic E-state index is 10.8. The van der Waals surface area contributed by atoms with E-state index in [1.54, 1.807) is 0 Å². The van der Waals surface area contributed by atoms with Gasteiger partial charge in [-0.25, -0.2) is 0 Å². The Morgan fingerprint density at radius 3 is 1.61 bits per heavy atom. The van der Waals surface area contributed by atoms with Crippen molar-refractivity contribution in [2.24, 2.45) is 0 Å². The first-order valence-electron chi connectivity index (χ1n) is 13.2. The standard InChI is InChI=1S/C16H32O2.C10H19NO2/c1-2-3-4-5-6-7-8-9-10-11-12-13-14-15-16(17)18;1-2-3-4-7-11-8-5-6-9(11)10(12)13/h2-15H2,1H3,(H,17,18);9H,2-8H2,1H3,(H,12,13)/t;9-/m.0/s1. The van der Waals surface area contributed by atoms with Gasteiger partial charge >= 0.3 is 11.9 Å². The first-order chi connectivity index (χ1) is 15.0. The van der Waals surface area contributed by atoms with Crippen LogP contribution in [0.2, 0.25) is 0 Å². The molecule has 1 aliphatic heterocycles. The lowest BCUT2D eigenvalue weighted by molar-refractivity contribution is -0.142. The van der Waals surface area contributed by atoms with E-state index in [4.69, 9.17) is 10.2 Å². The minimum Gasteiger partial charge on any atom is -0.481 e. The molecule has 0 bridgehead atoms. The molecule has 2 N–H and O–H groups in total. The van der Waals surface area contributed by atoms with E-state index < -0.39 is 11.9 Å². The second-order valence-electron chi connectivity index (χ2n) is 9.13. The molecule has 1 saturated heterocycles. The smallest absolute Gasteiger partial charge is 0.320 e. The molecule has 5 nitrogen and oxygen atoms in total. The van der Waals surface area contributed by atoms with E-state index in [1.807, 2.05) is 0 Å². The fraction of sp³-hybridized carbons (Fsp3) is 0.923. The Balaban J connectivity index is 0.000000609. The van der Waals surface area contributed by atoms with Crippen molar-refractivity contribution in [2.45, 2.75) is 142 Å². The molecule has 0 spiro atoms. The van der Waals surface area contributed by atoms with Crippen LogP contribution in [0.3, 0.4) is 0 Å². The Labute approximate surface area is 192 Å². The molecule has 31 heavy (non-hydrogen) atoms. The monoisotopic (exact) mass is 441 g/mol. The number of carbonyl (C=O) groups is 2. The highest BCUT2D eigenvalue weighted by Gasteiger charge is 2.29. The van der Waals surface area contributed by atoms with Gasteiger partial charge in [-0.15, -0.1) is 0 Å². The number of hydrogen-bond donors (Lipinski definition) is 2. The molecule has 0 aliphatic carbocycles. The highest BCUT2D eigenvalue weighted by Crippen LogP contribution is 2.18. The van der Waals surface area contributed by atoms with Crippen molar-refractivity contribution in [3.05, 3.63) is 0 Å². The van der Waals surface area contributed by atoms with Crippen LogP contribution in [0.1, 0.15) is 136 Å². The van der Waals surface area contributed by atoms with Crippen LogP contribution in [0, 0.1) is 0 Å². The third-order valence-electron chi connectivity index (χ3n) is 6.19. The van der Waals surface area contributed by atoms with Crippen LogP contribution in [0.15, 0.2) is 0 Å². The average Bonchev–Trinajstić information content (AvgIpc) is 3.21. The van der Waals surface area contributed by atoms with Crippen LogP contribution in [0.4, 0.5) is 0 Å². The third-order valence-corrected chi connectivity index (χ3v) is 6.19. The Morgan fingerprint density at radius 1 is 0.710 bits per heavy atom. The van der Waals surface area contributed by atoms with E-state index in [0.717, 1.165) is 45.2 Å². The summed E-state index contributed by atoms with van der Waals surface area (Å²) in [5.41, 5.74) is 0. The number of unbranched alkanes of at least 4 members (excludes halogenated alkanes) is 14. The normalized spacial score (nSPS) is 16.1. The van der Waals surface area contributed by atoms with Gasteiger partial charge in [0.05, 0.1) is 0 Å². The summed E-state index contributed by atoms with van der Waals surface area (Å²) >= 11 is 0. The van der Waals surface area contributed by atoms with Gasteiger partial charge < -0.3 is 10.2 Å². The molecule has 0 amide bonds. The van der Waals surface area contributed by atoms with Gasteiger partial charge in [0.2, 0.25) is 0 Å². The maximum absolute atomic E-state index is 10.8.